The van der Waals surface area contributed by atoms with Gasteiger partial charge in [0.2, 0.25) is 27.7 Å². The number of nitrogens with zero attached hydrogens (tertiary/aromatic N) is 3. The molecule has 0 aromatic carbocycles. The molecule has 1 aromatic heterocycles. The summed E-state index contributed by atoms with van der Waals surface area (Å²) < 4.78 is 26.5. The molecule has 0 aliphatic rings. The Morgan fingerprint density at radius 1 is 0.809 bits per heavy atom. The Hall–Kier alpha value is -2.94. The lowest BCUT2D eigenvalue weighted by Crippen LogP contribution is -2.33. The number of tetrazole rings is 1. The van der Waals surface area contributed by atoms with E-state index in [0.717, 1.165) is 37.9 Å². The number of aliphatic hydroxyl groups excluding tert-OH is 1. The normalized spacial score (nSPS) is 12.8. The van der Waals surface area contributed by atoms with Crippen LogP contribution < -0.4 is 15.8 Å². The maximum Gasteiger partial charge on any atom is 0.234 e. The molecule has 0 fully saturated rings. The topological polar surface area (TPSA) is 227 Å². The number of rotatable bonds is 31. The summed E-state index contributed by atoms with van der Waals surface area (Å²) in [5.41, 5.74) is 5.16. The van der Waals surface area contributed by atoms with Crippen LogP contribution in [0.4, 0.5) is 0 Å². The molecule has 0 unspecified atom stereocenters. The first kappa shape index (κ1) is 42.1. The number of ketones is 1. The number of unbranched alkanes of at least 4 members (excludes halogenated alkanes) is 13. The van der Waals surface area contributed by atoms with Gasteiger partial charge in [-0.1, -0.05) is 89.2 Å². The van der Waals surface area contributed by atoms with Crippen LogP contribution in [0.15, 0.2) is 0 Å². The minimum atomic E-state index is -3.78. The van der Waals surface area contributed by atoms with E-state index in [0.29, 0.717) is 32.2 Å². The van der Waals surface area contributed by atoms with E-state index in [2.05, 4.69) is 30.7 Å². The molecule has 15 heteroatoms. The van der Waals surface area contributed by atoms with Crippen molar-refractivity contribution >= 4 is 33.5 Å². The molecule has 0 saturated heterocycles. The Morgan fingerprint density at radius 2 is 1.38 bits per heavy atom. The highest BCUT2D eigenvalue weighted by Crippen LogP contribution is 2.15. The Labute approximate surface area is 280 Å². The lowest BCUT2D eigenvalue weighted by atomic mass is 9.92. The molecule has 6 N–H and O–H groups in total. The van der Waals surface area contributed by atoms with Crippen molar-refractivity contribution in [1.82, 2.24) is 30.7 Å². The standard InChI is InChI=1S/C32H59N7O7S/c1-26(28(41)24-27(25-40)32(33)44)18-15-16-22-34-30(42)21-17-23-47(45,46)37-31(43)20-14-12-10-8-6-4-2-3-5-7-9-11-13-19-29-35-38-39-36-29/h26-27,40H,2-25H2,1H3,(H2,33,44)(H,34,42)(H,37,43)(H,35,36,38,39)/t26-,27-/m0/s1. The molecular weight excluding hydrogens is 626 g/mol. The average Bonchev–Trinajstić information content (AvgIpc) is 3.54. The van der Waals surface area contributed by atoms with Crippen molar-refractivity contribution in [3.8, 4) is 0 Å². The van der Waals surface area contributed by atoms with Gasteiger partial charge in [0.05, 0.1) is 18.3 Å². The van der Waals surface area contributed by atoms with Gasteiger partial charge in [0.15, 0.2) is 5.82 Å². The second-order valence-corrected chi connectivity index (χ2v) is 14.4. The Balaban J connectivity index is 1.94. The molecule has 0 bridgehead atoms. The van der Waals surface area contributed by atoms with Crippen LogP contribution in [0.1, 0.15) is 141 Å². The van der Waals surface area contributed by atoms with Gasteiger partial charge in [-0.3, -0.25) is 23.9 Å². The number of carbonyl (C=O) groups excluding carboxylic acids is 4. The number of amides is 3. The van der Waals surface area contributed by atoms with Crippen molar-refractivity contribution in [1.29, 1.82) is 0 Å². The maximum absolute atomic E-state index is 12.2. The minimum absolute atomic E-state index is 0.0310. The third kappa shape index (κ3) is 23.1. The van der Waals surface area contributed by atoms with E-state index in [4.69, 9.17) is 10.8 Å². The first-order chi connectivity index (χ1) is 22.5. The fraction of sp³-hybridized carbons (Fsp3) is 0.844. The predicted octanol–water partition coefficient (Wildman–Crippen LogP) is 3.41. The number of Topliss-reactive ketones (excluding diaryl/α,β-unsaturated/α-hetero) is 1. The lowest BCUT2D eigenvalue weighted by Gasteiger charge is -2.14. The number of sulfonamides is 1. The van der Waals surface area contributed by atoms with E-state index in [1.54, 1.807) is 6.92 Å². The monoisotopic (exact) mass is 685 g/mol. The zero-order valence-electron chi connectivity index (χ0n) is 28.3. The Bertz CT molecular complexity index is 1120. The van der Waals surface area contributed by atoms with E-state index < -0.39 is 34.4 Å². The minimum Gasteiger partial charge on any atom is -0.396 e. The van der Waals surface area contributed by atoms with Gasteiger partial charge in [0.1, 0.15) is 5.78 Å². The van der Waals surface area contributed by atoms with Crippen LogP contribution in [0.2, 0.25) is 0 Å². The van der Waals surface area contributed by atoms with Gasteiger partial charge in [0, 0.05) is 38.1 Å². The molecule has 14 nitrogen and oxygen atoms in total. The summed E-state index contributed by atoms with van der Waals surface area (Å²) >= 11 is 0. The summed E-state index contributed by atoms with van der Waals surface area (Å²) in [5, 5.41) is 25.8. The number of aryl methyl sites for hydroxylation is 1. The number of H-pyrrole nitrogens is 1. The summed E-state index contributed by atoms with van der Waals surface area (Å²) in [6.45, 7) is 1.70. The number of nitrogens with one attached hydrogen (secondary N) is 3. The molecular formula is C32H59N7O7S. The van der Waals surface area contributed by atoms with E-state index in [-0.39, 0.29) is 49.0 Å². The highest BCUT2D eigenvalue weighted by atomic mass is 32.2. The largest absolute Gasteiger partial charge is 0.396 e. The summed E-state index contributed by atoms with van der Waals surface area (Å²) in [6.07, 6.45) is 17.7. The highest BCUT2D eigenvalue weighted by molar-refractivity contribution is 7.90. The third-order valence-corrected chi connectivity index (χ3v) is 9.65. The third-order valence-electron chi connectivity index (χ3n) is 8.29. The van der Waals surface area contributed by atoms with Crippen LogP contribution >= 0.6 is 0 Å². The van der Waals surface area contributed by atoms with E-state index in [9.17, 15) is 27.6 Å². The average molecular weight is 686 g/mol. The van der Waals surface area contributed by atoms with Gasteiger partial charge < -0.3 is 16.2 Å². The molecule has 0 radical (unpaired) electrons. The van der Waals surface area contributed by atoms with E-state index in [1.807, 2.05) is 0 Å². The highest BCUT2D eigenvalue weighted by Gasteiger charge is 2.22. The number of primary amides is 1. The Morgan fingerprint density at radius 3 is 1.94 bits per heavy atom. The number of nitrogens with two attached hydrogens (primary N) is 1. The number of carbonyl (C=O) groups is 4. The van der Waals surface area contributed by atoms with Crippen molar-refractivity contribution in [2.75, 3.05) is 18.9 Å². The summed E-state index contributed by atoms with van der Waals surface area (Å²) in [4.78, 5) is 47.5. The smallest absolute Gasteiger partial charge is 0.234 e. The van der Waals surface area contributed by atoms with Crippen LogP contribution in [-0.2, 0) is 35.6 Å². The van der Waals surface area contributed by atoms with Gasteiger partial charge in [-0.25, -0.2) is 8.42 Å². The zero-order valence-corrected chi connectivity index (χ0v) is 29.2. The number of aliphatic hydroxyl groups is 1. The summed E-state index contributed by atoms with van der Waals surface area (Å²) in [6, 6.07) is 0. The lowest BCUT2D eigenvalue weighted by molar-refractivity contribution is -0.130. The molecule has 47 heavy (non-hydrogen) atoms. The van der Waals surface area contributed by atoms with Gasteiger partial charge in [-0.2, -0.15) is 5.21 Å². The molecule has 1 aromatic rings. The molecule has 0 saturated carbocycles. The van der Waals surface area contributed by atoms with Crippen LogP contribution in [0.5, 0.6) is 0 Å². The van der Waals surface area contributed by atoms with Crippen molar-refractivity contribution in [3.05, 3.63) is 5.82 Å². The van der Waals surface area contributed by atoms with Crippen molar-refractivity contribution in [2.24, 2.45) is 17.6 Å². The zero-order chi connectivity index (χ0) is 34.8. The molecule has 1 heterocycles. The van der Waals surface area contributed by atoms with Gasteiger partial charge in [0.25, 0.3) is 0 Å². The number of aromatic nitrogens is 4. The van der Waals surface area contributed by atoms with Crippen molar-refractivity contribution in [2.45, 2.75) is 142 Å². The quantitative estimate of drug-likeness (QED) is 0.0716. The number of hydrogen-bond donors (Lipinski definition) is 5. The van der Waals surface area contributed by atoms with E-state index in [1.165, 1.54) is 51.4 Å². The Kier molecular flexibility index (Phi) is 23.3. The van der Waals surface area contributed by atoms with Crippen LogP contribution in [0.25, 0.3) is 0 Å². The van der Waals surface area contributed by atoms with Gasteiger partial charge >= 0.3 is 0 Å². The van der Waals surface area contributed by atoms with E-state index >= 15 is 0 Å². The predicted molar refractivity (Wildman–Crippen MR) is 179 cm³/mol. The molecule has 0 spiro atoms. The van der Waals surface area contributed by atoms with Crippen LogP contribution in [0.3, 0.4) is 0 Å². The second-order valence-electron chi connectivity index (χ2n) is 12.6. The molecule has 3 amide bonds. The fourth-order valence-corrected chi connectivity index (χ4v) is 6.33. The first-order valence-electron chi connectivity index (χ1n) is 17.5. The summed E-state index contributed by atoms with van der Waals surface area (Å²) in [7, 11) is -3.78. The number of aromatic amines is 1. The van der Waals surface area contributed by atoms with Crippen LogP contribution in [0, 0.1) is 11.8 Å². The van der Waals surface area contributed by atoms with Gasteiger partial charge in [-0.15, -0.1) is 10.2 Å². The summed E-state index contributed by atoms with van der Waals surface area (Å²) in [5.74, 6) is -2.26. The van der Waals surface area contributed by atoms with Crippen molar-refractivity contribution < 1.29 is 32.7 Å². The molecule has 270 valence electrons. The van der Waals surface area contributed by atoms with Gasteiger partial charge in [-0.05, 0) is 32.1 Å². The van der Waals surface area contributed by atoms with Crippen molar-refractivity contribution in [3.63, 3.8) is 0 Å². The maximum atomic E-state index is 12.2. The molecule has 2 atom stereocenters. The molecule has 0 aliphatic carbocycles. The SMILES string of the molecule is C[C@@H](CCCCNC(=O)CCCS(=O)(=O)NC(=O)CCCCCCCCCCCCCCCc1nn[nH]n1)C(=O)C[C@@H](CO)C(N)=O. The first-order valence-corrected chi connectivity index (χ1v) is 19.1. The second kappa shape index (κ2) is 26.1. The van der Waals surface area contributed by atoms with Crippen LogP contribution in [-0.4, -0.2) is 76.6 Å². The number of hydrogen-bond acceptors (Lipinski definition) is 10. The molecule has 1 rings (SSSR count). The fourth-order valence-electron chi connectivity index (χ4n) is 5.25. The molecule has 0 aliphatic heterocycles.